The number of benzene rings is 1. The van der Waals surface area contributed by atoms with Gasteiger partial charge in [-0.1, -0.05) is 42.5 Å². The average Bonchev–Trinajstić information content (AvgIpc) is 2.62. The van der Waals surface area contributed by atoms with Gasteiger partial charge < -0.3 is 9.84 Å². The molecule has 2 atom stereocenters. The van der Waals surface area contributed by atoms with Crippen molar-refractivity contribution in [3.05, 3.63) is 84.2 Å². The van der Waals surface area contributed by atoms with Crippen molar-refractivity contribution < 1.29 is 14.6 Å². The van der Waals surface area contributed by atoms with Crippen molar-refractivity contribution in [1.82, 2.24) is 4.98 Å². The predicted octanol–water partition coefficient (Wildman–Crippen LogP) is 3.96. The zero-order valence-corrected chi connectivity index (χ0v) is 13.4. The zero-order chi connectivity index (χ0) is 17.0. The summed E-state index contributed by atoms with van der Waals surface area (Å²) >= 11 is 0. The second kappa shape index (κ2) is 6.71. The highest BCUT2D eigenvalue weighted by Gasteiger charge is 2.39. The number of hydrogen-bond acceptors (Lipinski definition) is 3. The van der Waals surface area contributed by atoms with Gasteiger partial charge in [0.15, 0.2) is 0 Å². The van der Waals surface area contributed by atoms with E-state index in [0.717, 1.165) is 17.0 Å². The van der Waals surface area contributed by atoms with E-state index in [4.69, 9.17) is 4.74 Å². The zero-order valence-electron chi connectivity index (χ0n) is 13.4. The van der Waals surface area contributed by atoms with Gasteiger partial charge in [0.2, 0.25) is 0 Å². The number of aromatic nitrogens is 1. The Morgan fingerprint density at radius 2 is 2.00 bits per heavy atom. The molecule has 0 saturated heterocycles. The van der Waals surface area contributed by atoms with Gasteiger partial charge in [-0.05, 0) is 36.8 Å². The van der Waals surface area contributed by atoms with Crippen LogP contribution in [0.25, 0.3) is 0 Å². The van der Waals surface area contributed by atoms with Crippen molar-refractivity contribution >= 4 is 5.97 Å². The summed E-state index contributed by atoms with van der Waals surface area (Å²) < 4.78 is 5.72. The smallest absolute Gasteiger partial charge is 0.314 e. The van der Waals surface area contributed by atoms with Crippen LogP contribution in [-0.4, -0.2) is 16.1 Å². The van der Waals surface area contributed by atoms with E-state index in [9.17, 15) is 9.90 Å². The van der Waals surface area contributed by atoms with Gasteiger partial charge in [0.05, 0.1) is 11.1 Å². The number of carboxylic acid groups (broad SMARTS) is 1. The summed E-state index contributed by atoms with van der Waals surface area (Å²) in [6, 6.07) is 13.3. The van der Waals surface area contributed by atoms with Crippen LogP contribution in [0.1, 0.15) is 24.1 Å². The molecule has 4 heteroatoms. The molecule has 0 fully saturated rings. The van der Waals surface area contributed by atoms with E-state index in [1.807, 2.05) is 54.6 Å². The van der Waals surface area contributed by atoms with E-state index in [0.29, 0.717) is 6.61 Å². The molecule has 1 aliphatic rings. The van der Waals surface area contributed by atoms with E-state index in [-0.39, 0.29) is 5.92 Å². The fraction of sp³-hybridized carbons (Fsp3) is 0.200. The molecule has 1 aromatic heterocycles. The van der Waals surface area contributed by atoms with Crippen LogP contribution in [0.2, 0.25) is 0 Å². The Labute approximate surface area is 141 Å². The first kappa shape index (κ1) is 16.0. The summed E-state index contributed by atoms with van der Waals surface area (Å²) in [5.41, 5.74) is 0.872. The molecular weight excluding hydrogens is 302 g/mol. The molecule has 1 aliphatic carbocycles. The van der Waals surface area contributed by atoms with E-state index in [1.165, 1.54) is 0 Å². The minimum Gasteiger partial charge on any atom is -0.487 e. The largest absolute Gasteiger partial charge is 0.487 e. The number of hydrogen-bond donors (Lipinski definition) is 1. The Kier molecular flexibility index (Phi) is 4.47. The first-order valence-electron chi connectivity index (χ1n) is 7.82. The Balaban J connectivity index is 1.73. The molecule has 0 bridgehead atoms. The highest BCUT2D eigenvalue weighted by molar-refractivity contribution is 5.79. The van der Waals surface area contributed by atoms with Crippen LogP contribution in [0.5, 0.6) is 5.75 Å². The molecular formula is C20H19NO3. The molecule has 0 radical (unpaired) electrons. The average molecular weight is 321 g/mol. The Morgan fingerprint density at radius 3 is 2.67 bits per heavy atom. The van der Waals surface area contributed by atoms with Crippen LogP contribution >= 0.6 is 0 Å². The number of carbonyl (C=O) groups is 1. The predicted molar refractivity (Wildman–Crippen MR) is 91.8 cm³/mol. The third-order valence-electron chi connectivity index (χ3n) is 4.32. The highest BCUT2D eigenvalue weighted by atomic mass is 16.5. The standard InChI is InChI=1S/C20H19NO3/c1-20(19(22)23)12-4-2-7-18(20)15-8-10-17(11-9-15)24-14-16-6-3-5-13-21-16/h2-13,18H,14H2,1H3,(H,22,23). The maximum absolute atomic E-state index is 11.7. The van der Waals surface area contributed by atoms with Crippen LogP contribution in [-0.2, 0) is 11.4 Å². The molecule has 1 N–H and O–H groups in total. The van der Waals surface area contributed by atoms with E-state index in [1.54, 1.807) is 25.3 Å². The summed E-state index contributed by atoms with van der Waals surface area (Å²) in [7, 11) is 0. The molecule has 2 unspecified atom stereocenters. The number of pyridine rings is 1. The van der Waals surface area contributed by atoms with Gasteiger partial charge in [0.1, 0.15) is 12.4 Å². The maximum Gasteiger partial charge on any atom is 0.314 e. The summed E-state index contributed by atoms with van der Waals surface area (Å²) in [5, 5.41) is 9.58. The van der Waals surface area contributed by atoms with Crippen LogP contribution in [0, 0.1) is 5.41 Å². The quantitative estimate of drug-likeness (QED) is 0.905. The third kappa shape index (κ3) is 3.23. The van der Waals surface area contributed by atoms with Crippen LogP contribution in [0.4, 0.5) is 0 Å². The molecule has 1 aromatic carbocycles. The van der Waals surface area contributed by atoms with Gasteiger partial charge in [-0.3, -0.25) is 9.78 Å². The minimum absolute atomic E-state index is 0.204. The topological polar surface area (TPSA) is 59.4 Å². The SMILES string of the molecule is CC1(C(=O)O)C=CC=CC1c1ccc(OCc2ccccn2)cc1. The normalized spacial score (nSPS) is 22.3. The van der Waals surface area contributed by atoms with Gasteiger partial charge in [-0.2, -0.15) is 0 Å². The van der Waals surface area contributed by atoms with Gasteiger partial charge in [0.25, 0.3) is 0 Å². The second-order valence-corrected chi connectivity index (χ2v) is 5.99. The van der Waals surface area contributed by atoms with Crippen LogP contribution < -0.4 is 4.74 Å². The first-order valence-corrected chi connectivity index (χ1v) is 7.82. The number of rotatable bonds is 5. The number of aliphatic carboxylic acids is 1. The number of ether oxygens (including phenoxy) is 1. The van der Waals surface area contributed by atoms with E-state index < -0.39 is 11.4 Å². The number of allylic oxidation sites excluding steroid dienone is 3. The molecule has 0 amide bonds. The Morgan fingerprint density at radius 1 is 1.21 bits per heavy atom. The van der Waals surface area contributed by atoms with E-state index >= 15 is 0 Å². The fourth-order valence-electron chi connectivity index (χ4n) is 2.81. The molecule has 0 aliphatic heterocycles. The lowest BCUT2D eigenvalue weighted by atomic mass is 9.71. The molecule has 0 spiro atoms. The molecule has 2 aromatic rings. The monoisotopic (exact) mass is 321 g/mol. The van der Waals surface area contributed by atoms with Gasteiger partial charge in [0, 0.05) is 12.1 Å². The van der Waals surface area contributed by atoms with Gasteiger partial charge >= 0.3 is 5.97 Å². The lowest BCUT2D eigenvalue weighted by molar-refractivity contribution is -0.145. The molecule has 3 rings (SSSR count). The summed E-state index contributed by atoms with van der Waals surface area (Å²) in [6.45, 7) is 2.14. The van der Waals surface area contributed by atoms with Gasteiger partial charge in [-0.25, -0.2) is 0 Å². The summed E-state index contributed by atoms with van der Waals surface area (Å²) in [6.07, 6.45) is 9.08. The lowest BCUT2D eigenvalue weighted by Gasteiger charge is -2.31. The Bertz CT molecular complexity index is 765. The minimum atomic E-state index is -0.939. The molecule has 122 valence electrons. The van der Waals surface area contributed by atoms with Crippen molar-refractivity contribution in [2.24, 2.45) is 5.41 Å². The molecule has 24 heavy (non-hydrogen) atoms. The lowest BCUT2D eigenvalue weighted by Crippen LogP contribution is -2.32. The summed E-state index contributed by atoms with van der Waals surface area (Å²) in [4.78, 5) is 15.9. The molecule has 0 saturated carbocycles. The maximum atomic E-state index is 11.7. The highest BCUT2D eigenvalue weighted by Crippen LogP contribution is 2.41. The number of carboxylic acids is 1. The third-order valence-corrected chi connectivity index (χ3v) is 4.32. The second-order valence-electron chi connectivity index (χ2n) is 5.99. The summed E-state index contributed by atoms with van der Waals surface area (Å²) in [5.74, 6) is -0.301. The number of nitrogens with zero attached hydrogens (tertiary/aromatic N) is 1. The fourth-order valence-corrected chi connectivity index (χ4v) is 2.81. The Hall–Kier alpha value is -2.88. The van der Waals surface area contributed by atoms with Crippen molar-refractivity contribution in [3.63, 3.8) is 0 Å². The van der Waals surface area contributed by atoms with Crippen molar-refractivity contribution in [3.8, 4) is 5.75 Å². The molecule has 1 heterocycles. The molecule has 4 nitrogen and oxygen atoms in total. The van der Waals surface area contributed by atoms with Crippen molar-refractivity contribution in [2.75, 3.05) is 0 Å². The van der Waals surface area contributed by atoms with Crippen molar-refractivity contribution in [1.29, 1.82) is 0 Å². The van der Waals surface area contributed by atoms with Crippen molar-refractivity contribution in [2.45, 2.75) is 19.4 Å². The first-order chi connectivity index (χ1) is 11.6. The van der Waals surface area contributed by atoms with E-state index in [2.05, 4.69) is 4.98 Å². The van der Waals surface area contributed by atoms with Gasteiger partial charge in [-0.15, -0.1) is 0 Å². The van der Waals surface area contributed by atoms with Crippen LogP contribution in [0.15, 0.2) is 73.0 Å². The van der Waals surface area contributed by atoms with Crippen LogP contribution in [0.3, 0.4) is 0 Å².